The SMILES string of the molecule is CC(CNC1CC1)NCc1ccn(C)c(=O)c1. The highest BCUT2D eigenvalue weighted by Crippen LogP contribution is 2.18. The lowest BCUT2D eigenvalue weighted by Crippen LogP contribution is -2.37. The summed E-state index contributed by atoms with van der Waals surface area (Å²) >= 11 is 0. The number of rotatable bonds is 6. The number of nitrogens with one attached hydrogen (secondary N) is 2. The monoisotopic (exact) mass is 235 g/mol. The highest BCUT2D eigenvalue weighted by Gasteiger charge is 2.20. The van der Waals surface area contributed by atoms with Crippen LogP contribution in [0.25, 0.3) is 0 Å². The van der Waals surface area contributed by atoms with E-state index in [2.05, 4.69) is 17.6 Å². The number of aromatic nitrogens is 1. The van der Waals surface area contributed by atoms with Gasteiger partial charge in [-0.25, -0.2) is 0 Å². The average molecular weight is 235 g/mol. The summed E-state index contributed by atoms with van der Waals surface area (Å²) in [5.41, 5.74) is 1.10. The van der Waals surface area contributed by atoms with Crippen LogP contribution in [0.2, 0.25) is 0 Å². The predicted octanol–water partition coefficient (Wildman–Crippen LogP) is 0.615. The summed E-state index contributed by atoms with van der Waals surface area (Å²) in [5, 5.41) is 6.90. The molecule has 4 nitrogen and oxygen atoms in total. The van der Waals surface area contributed by atoms with Crippen LogP contribution in [-0.2, 0) is 13.6 Å². The summed E-state index contributed by atoms with van der Waals surface area (Å²) in [6.45, 7) is 3.91. The zero-order valence-electron chi connectivity index (χ0n) is 10.6. The predicted molar refractivity (Wildman–Crippen MR) is 69.0 cm³/mol. The number of hydrogen-bond acceptors (Lipinski definition) is 3. The van der Waals surface area contributed by atoms with Crippen LogP contribution in [0.1, 0.15) is 25.3 Å². The van der Waals surface area contributed by atoms with Gasteiger partial charge >= 0.3 is 0 Å². The number of pyridine rings is 1. The Morgan fingerprint density at radius 2 is 2.29 bits per heavy atom. The van der Waals surface area contributed by atoms with E-state index in [0.717, 1.165) is 24.7 Å². The Bertz CT molecular complexity index is 423. The molecule has 1 aliphatic carbocycles. The van der Waals surface area contributed by atoms with Gasteiger partial charge in [0.05, 0.1) is 0 Å². The van der Waals surface area contributed by atoms with Gasteiger partial charge in [-0.05, 0) is 31.4 Å². The molecule has 0 spiro atoms. The van der Waals surface area contributed by atoms with Gasteiger partial charge in [0.15, 0.2) is 0 Å². The number of nitrogens with zero attached hydrogens (tertiary/aromatic N) is 1. The molecule has 1 saturated carbocycles. The first-order valence-electron chi connectivity index (χ1n) is 6.27. The molecule has 17 heavy (non-hydrogen) atoms. The molecular weight excluding hydrogens is 214 g/mol. The van der Waals surface area contributed by atoms with E-state index in [1.807, 2.05) is 12.3 Å². The molecule has 2 N–H and O–H groups in total. The molecule has 4 heteroatoms. The molecule has 0 saturated heterocycles. The van der Waals surface area contributed by atoms with Crippen molar-refractivity contribution in [2.45, 2.75) is 38.4 Å². The number of aryl methyl sites for hydroxylation is 1. The van der Waals surface area contributed by atoms with Crippen molar-refractivity contribution in [3.05, 3.63) is 34.2 Å². The highest BCUT2D eigenvalue weighted by molar-refractivity contribution is 5.10. The van der Waals surface area contributed by atoms with E-state index in [1.54, 1.807) is 17.7 Å². The largest absolute Gasteiger partial charge is 0.319 e. The van der Waals surface area contributed by atoms with E-state index >= 15 is 0 Å². The fourth-order valence-corrected chi connectivity index (χ4v) is 1.69. The van der Waals surface area contributed by atoms with Crippen LogP contribution in [0.5, 0.6) is 0 Å². The number of hydrogen-bond donors (Lipinski definition) is 2. The second-order valence-electron chi connectivity index (χ2n) is 4.95. The van der Waals surface area contributed by atoms with Gasteiger partial charge in [0.25, 0.3) is 5.56 Å². The summed E-state index contributed by atoms with van der Waals surface area (Å²) in [7, 11) is 1.77. The molecular formula is C13H21N3O. The van der Waals surface area contributed by atoms with Crippen molar-refractivity contribution >= 4 is 0 Å². The molecule has 1 unspecified atom stereocenters. The van der Waals surface area contributed by atoms with Gasteiger partial charge in [0.2, 0.25) is 0 Å². The topological polar surface area (TPSA) is 46.1 Å². The van der Waals surface area contributed by atoms with Crippen LogP contribution in [0.3, 0.4) is 0 Å². The Morgan fingerprint density at radius 3 is 2.94 bits per heavy atom. The Balaban J connectivity index is 1.75. The van der Waals surface area contributed by atoms with E-state index in [0.29, 0.717) is 6.04 Å². The van der Waals surface area contributed by atoms with Crippen LogP contribution in [0.4, 0.5) is 0 Å². The third-order valence-electron chi connectivity index (χ3n) is 3.11. The van der Waals surface area contributed by atoms with Gasteiger partial charge in [-0.15, -0.1) is 0 Å². The summed E-state index contributed by atoms with van der Waals surface area (Å²) in [5.74, 6) is 0. The Labute approximate surface area is 102 Å². The molecule has 2 rings (SSSR count). The second-order valence-corrected chi connectivity index (χ2v) is 4.95. The third kappa shape index (κ3) is 3.98. The van der Waals surface area contributed by atoms with Crippen molar-refractivity contribution in [3.63, 3.8) is 0 Å². The second kappa shape index (κ2) is 5.47. The first-order valence-corrected chi connectivity index (χ1v) is 6.27. The van der Waals surface area contributed by atoms with Gasteiger partial charge in [0, 0.05) is 44.5 Å². The smallest absolute Gasteiger partial charge is 0.250 e. The first kappa shape index (κ1) is 12.3. The van der Waals surface area contributed by atoms with Gasteiger partial charge in [0.1, 0.15) is 0 Å². The first-order chi connectivity index (χ1) is 8.15. The minimum Gasteiger partial charge on any atom is -0.319 e. The Kier molecular flexibility index (Phi) is 3.97. The fourth-order valence-electron chi connectivity index (χ4n) is 1.69. The van der Waals surface area contributed by atoms with Crippen LogP contribution in [0, 0.1) is 0 Å². The van der Waals surface area contributed by atoms with Crippen LogP contribution in [0.15, 0.2) is 23.1 Å². The minimum atomic E-state index is 0.0491. The third-order valence-corrected chi connectivity index (χ3v) is 3.11. The van der Waals surface area contributed by atoms with E-state index in [-0.39, 0.29) is 5.56 Å². The van der Waals surface area contributed by atoms with Crippen molar-refractivity contribution in [2.24, 2.45) is 7.05 Å². The molecule has 0 aliphatic heterocycles. The maximum Gasteiger partial charge on any atom is 0.250 e. The van der Waals surface area contributed by atoms with Crippen LogP contribution in [-0.4, -0.2) is 23.2 Å². The Morgan fingerprint density at radius 1 is 1.53 bits per heavy atom. The lowest BCUT2D eigenvalue weighted by molar-refractivity contribution is 0.499. The van der Waals surface area contributed by atoms with E-state index < -0.39 is 0 Å². The quantitative estimate of drug-likeness (QED) is 0.759. The van der Waals surface area contributed by atoms with Gasteiger partial charge < -0.3 is 15.2 Å². The normalized spacial score (nSPS) is 17.1. The molecule has 1 aromatic rings. The Hall–Kier alpha value is -1.13. The van der Waals surface area contributed by atoms with Gasteiger partial charge in [-0.1, -0.05) is 0 Å². The molecule has 1 heterocycles. The summed E-state index contributed by atoms with van der Waals surface area (Å²) in [6.07, 6.45) is 4.45. The van der Waals surface area contributed by atoms with Crippen molar-refractivity contribution < 1.29 is 0 Å². The average Bonchev–Trinajstić information content (AvgIpc) is 3.12. The van der Waals surface area contributed by atoms with Gasteiger partial charge in [-0.2, -0.15) is 0 Å². The standard InChI is InChI=1S/C13H21N3O/c1-10(8-15-12-3-4-12)14-9-11-5-6-16(2)13(17)7-11/h5-7,10,12,14-15H,3-4,8-9H2,1-2H3. The van der Waals surface area contributed by atoms with Crippen molar-refractivity contribution in [1.29, 1.82) is 0 Å². The molecule has 0 bridgehead atoms. The van der Waals surface area contributed by atoms with Crippen molar-refractivity contribution in [1.82, 2.24) is 15.2 Å². The molecule has 0 amide bonds. The molecule has 1 fully saturated rings. The van der Waals surface area contributed by atoms with E-state index in [4.69, 9.17) is 0 Å². The van der Waals surface area contributed by atoms with E-state index in [9.17, 15) is 4.79 Å². The lowest BCUT2D eigenvalue weighted by atomic mass is 10.2. The zero-order valence-corrected chi connectivity index (χ0v) is 10.6. The van der Waals surface area contributed by atoms with Crippen molar-refractivity contribution in [2.75, 3.05) is 6.54 Å². The zero-order chi connectivity index (χ0) is 12.3. The van der Waals surface area contributed by atoms with E-state index in [1.165, 1.54) is 12.8 Å². The highest BCUT2D eigenvalue weighted by atomic mass is 16.1. The fraction of sp³-hybridized carbons (Fsp3) is 0.615. The molecule has 0 aromatic carbocycles. The lowest BCUT2D eigenvalue weighted by Gasteiger charge is -2.14. The maximum absolute atomic E-state index is 11.4. The summed E-state index contributed by atoms with van der Waals surface area (Å²) in [4.78, 5) is 11.4. The maximum atomic E-state index is 11.4. The van der Waals surface area contributed by atoms with Gasteiger partial charge in [-0.3, -0.25) is 4.79 Å². The molecule has 1 atom stereocenters. The molecule has 94 valence electrons. The molecule has 1 aromatic heterocycles. The summed E-state index contributed by atoms with van der Waals surface area (Å²) in [6, 6.07) is 4.85. The minimum absolute atomic E-state index is 0.0491. The summed E-state index contributed by atoms with van der Waals surface area (Å²) < 4.78 is 1.58. The van der Waals surface area contributed by atoms with Crippen LogP contribution < -0.4 is 16.2 Å². The molecule has 1 aliphatic rings. The van der Waals surface area contributed by atoms with Crippen LogP contribution >= 0.6 is 0 Å². The molecule has 0 radical (unpaired) electrons. The van der Waals surface area contributed by atoms with Crippen molar-refractivity contribution in [3.8, 4) is 0 Å².